The predicted molar refractivity (Wildman–Crippen MR) is 93.4 cm³/mol. The Bertz CT molecular complexity index is 858. The van der Waals surface area contributed by atoms with Gasteiger partial charge in [0.25, 0.3) is 0 Å². The summed E-state index contributed by atoms with van der Waals surface area (Å²) in [5.74, 6) is -0.392. The maximum Gasteiger partial charge on any atom is 0.345 e. The van der Waals surface area contributed by atoms with Crippen molar-refractivity contribution in [3.05, 3.63) is 38.9 Å². The van der Waals surface area contributed by atoms with Crippen LogP contribution in [0.2, 0.25) is 0 Å². The van der Waals surface area contributed by atoms with Crippen molar-refractivity contribution >= 4 is 33.2 Å². The molecule has 3 N–H and O–H groups in total. The molecule has 0 aliphatic carbocycles. The number of anilines is 2. The van der Waals surface area contributed by atoms with E-state index >= 15 is 0 Å². The van der Waals surface area contributed by atoms with Crippen LogP contribution in [-0.2, 0) is 6.42 Å². The average Bonchev–Trinajstić information content (AvgIpc) is 2.57. The molecule has 3 rings (SSSR count). The van der Waals surface area contributed by atoms with E-state index < -0.39 is 17.6 Å². The largest absolute Gasteiger partial charge is 0.382 e. The van der Waals surface area contributed by atoms with Gasteiger partial charge in [-0.15, -0.1) is 0 Å². The Morgan fingerprint density at radius 2 is 2.24 bits per heavy atom. The minimum atomic E-state index is -0.948. The number of nitrogens with one attached hydrogen (secondary N) is 1. The van der Waals surface area contributed by atoms with Crippen molar-refractivity contribution in [3.63, 3.8) is 0 Å². The molecule has 10 heteroatoms. The van der Waals surface area contributed by atoms with E-state index in [4.69, 9.17) is 5.73 Å². The van der Waals surface area contributed by atoms with Crippen LogP contribution in [0, 0.1) is 0 Å². The summed E-state index contributed by atoms with van der Waals surface area (Å²) in [5.41, 5.74) is 6.05. The van der Waals surface area contributed by atoms with Crippen molar-refractivity contribution in [2.75, 3.05) is 23.7 Å². The van der Waals surface area contributed by atoms with E-state index in [1.54, 1.807) is 4.90 Å². The fourth-order valence-electron chi connectivity index (χ4n) is 2.80. The molecule has 1 fully saturated rings. The van der Waals surface area contributed by atoms with Crippen molar-refractivity contribution < 1.29 is 9.18 Å². The number of hydrogen-bond donors (Lipinski definition) is 2. The third kappa shape index (κ3) is 4.01. The molecule has 0 spiro atoms. The zero-order valence-electron chi connectivity index (χ0n) is 13.2. The molecule has 132 valence electrons. The lowest BCUT2D eigenvalue weighted by molar-refractivity contribution is 0.0987. The van der Waals surface area contributed by atoms with Gasteiger partial charge in [-0.3, -0.25) is 4.79 Å². The highest BCUT2D eigenvalue weighted by Gasteiger charge is 2.24. The molecule has 1 aliphatic heterocycles. The summed E-state index contributed by atoms with van der Waals surface area (Å²) in [6, 6.07) is 0. The van der Waals surface area contributed by atoms with Gasteiger partial charge in [-0.2, -0.15) is 4.98 Å². The van der Waals surface area contributed by atoms with Crippen LogP contribution in [0.25, 0.3) is 0 Å². The van der Waals surface area contributed by atoms with E-state index in [9.17, 15) is 14.0 Å². The predicted octanol–water partition coefficient (Wildman–Crippen LogP) is 1.27. The first-order valence-corrected chi connectivity index (χ1v) is 8.51. The van der Waals surface area contributed by atoms with Gasteiger partial charge in [-0.25, -0.2) is 19.2 Å². The molecule has 25 heavy (non-hydrogen) atoms. The summed E-state index contributed by atoms with van der Waals surface area (Å²) in [6.45, 7) is 0.835. The van der Waals surface area contributed by atoms with Crippen LogP contribution in [0.15, 0.2) is 21.8 Å². The summed E-state index contributed by atoms with van der Waals surface area (Å²) >= 11 is 3.15. The standard InChI is InChI=1S/C15H16BrFN6O2/c16-12-6-19-14(18)13(22-12)11(24)4-9-10(5-20-15(25)21-9)23-3-1-2-8(17)7-23/h5-6,8H,1-4,7H2,(H2,18,19)(H,20,21,25). The van der Waals surface area contributed by atoms with E-state index in [0.29, 0.717) is 35.4 Å². The first-order chi connectivity index (χ1) is 11.9. The number of ketones is 1. The lowest BCUT2D eigenvalue weighted by atomic mass is 10.1. The lowest BCUT2D eigenvalue weighted by Crippen LogP contribution is -2.38. The summed E-state index contributed by atoms with van der Waals surface area (Å²) in [6.07, 6.45) is 2.87. The van der Waals surface area contributed by atoms with Gasteiger partial charge in [0, 0.05) is 13.1 Å². The number of halogens is 2. The third-order valence-corrected chi connectivity index (χ3v) is 4.33. The van der Waals surface area contributed by atoms with E-state index in [1.165, 1.54) is 12.4 Å². The first-order valence-electron chi connectivity index (χ1n) is 7.72. The van der Waals surface area contributed by atoms with Crippen LogP contribution < -0.4 is 16.3 Å². The van der Waals surface area contributed by atoms with Gasteiger partial charge in [0.1, 0.15) is 16.5 Å². The van der Waals surface area contributed by atoms with Gasteiger partial charge in [0.2, 0.25) is 0 Å². The topological polar surface area (TPSA) is 118 Å². The number of carbonyl (C=O) groups is 1. The monoisotopic (exact) mass is 410 g/mol. The number of rotatable bonds is 4. The Hall–Kier alpha value is -2.36. The normalized spacial score (nSPS) is 17.5. The molecule has 1 atom stereocenters. The molecule has 0 amide bonds. The SMILES string of the molecule is Nc1ncc(Br)nc1C(=O)Cc1[nH]c(=O)ncc1N1CCCC(F)C1. The Kier molecular flexibility index (Phi) is 5.07. The smallest absolute Gasteiger partial charge is 0.345 e. The molecular weight excluding hydrogens is 395 g/mol. The highest BCUT2D eigenvalue weighted by Crippen LogP contribution is 2.24. The molecule has 0 saturated carbocycles. The highest BCUT2D eigenvalue weighted by atomic mass is 79.9. The molecule has 2 aromatic heterocycles. The maximum atomic E-state index is 13.7. The fourth-order valence-corrected chi connectivity index (χ4v) is 3.08. The molecule has 0 radical (unpaired) electrons. The molecule has 0 aromatic carbocycles. The molecule has 3 heterocycles. The highest BCUT2D eigenvalue weighted by molar-refractivity contribution is 9.10. The van der Waals surface area contributed by atoms with Crippen LogP contribution >= 0.6 is 15.9 Å². The third-order valence-electron chi connectivity index (χ3n) is 3.95. The number of aromatic amines is 1. The van der Waals surface area contributed by atoms with E-state index in [2.05, 4.69) is 35.9 Å². The van der Waals surface area contributed by atoms with Crippen molar-refractivity contribution in [1.29, 1.82) is 0 Å². The Morgan fingerprint density at radius 3 is 3.00 bits per heavy atom. The van der Waals surface area contributed by atoms with Crippen LogP contribution in [0.1, 0.15) is 29.0 Å². The number of hydrogen-bond acceptors (Lipinski definition) is 7. The van der Waals surface area contributed by atoms with E-state index in [-0.39, 0.29) is 24.5 Å². The minimum absolute atomic E-state index is 0.00736. The molecule has 8 nitrogen and oxygen atoms in total. The van der Waals surface area contributed by atoms with Gasteiger partial charge in [0.15, 0.2) is 11.6 Å². The van der Waals surface area contributed by atoms with Crippen molar-refractivity contribution in [2.24, 2.45) is 0 Å². The second kappa shape index (κ2) is 7.26. The molecule has 1 aliphatic rings. The van der Waals surface area contributed by atoms with Crippen LogP contribution in [-0.4, -0.2) is 45.0 Å². The molecule has 0 bridgehead atoms. The second-order valence-electron chi connectivity index (χ2n) is 5.76. The summed E-state index contributed by atoms with van der Waals surface area (Å²) in [5, 5.41) is 0. The van der Waals surface area contributed by atoms with Gasteiger partial charge in [0.05, 0.1) is 30.2 Å². The van der Waals surface area contributed by atoms with Gasteiger partial charge >= 0.3 is 5.69 Å². The Labute approximate surface area is 150 Å². The number of aromatic nitrogens is 4. The minimum Gasteiger partial charge on any atom is -0.382 e. The Balaban J connectivity index is 1.91. The van der Waals surface area contributed by atoms with Crippen molar-refractivity contribution in [1.82, 2.24) is 19.9 Å². The molecule has 1 unspecified atom stereocenters. The number of nitrogens with two attached hydrogens (primary N) is 1. The lowest BCUT2D eigenvalue weighted by Gasteiger charge is -2.31. The number of Topliss-reactive ketones (excluding diaryl/α,β-unsaturated/α-hetero) is 1. The number of nitrogens with zero attached hydrogens (tertiary/aromatic N) is 4. The zero-order valence-corrected chi connectivity index (χ0v) is 14.8. The second-order valence-corrected chi connectivity index (χ2v) is 6.58. The van der Waals surface area contributed by atoms with Gasteiger partial charge in [-0.1, -0.05) is 0 Å². The zero-order chi connectivity index (χ0) is 18.0. The number of carbonyl (C=O) groups excluding carboxylic acids is 1. The van der Waals surface area contributed by atoms with E-state index in [0.717, 1.165) is 0 Å². The summed E-state index contributed by atoms with van der Waals surface area (Å²) in [4.78, 5) is 40.1. The molecular formula is C15H16BrFN6O2. The quantitative estimate of drug-likeness (QED) is 0.728. The van der Waals surface area contributed by atoms with E-state index in [1.807, 2.05) is 0 Å². The average molecular weight is 411 g/mol. The first kappa shape index (κ1) is 17.5. The van der Waals surface area contributed by atoms with Crippen LogP contribution in [0.4, 0.5) is 15.9 Å². The summed E-state index contributed by atoms with van der Waals surface area (Å²) < 4.78 is 14.1. The summed E-state index contributed by atoms with van der Waals surface area (Å²) in [7, 11) is 0. The van der Waals surface area contributed by atoms with Gasteiger partial charge < -0.3 is 15.6 Å². The van der Waals surface area contributed by atoms with Crippen LogP contribution in [0.5, 0.6) is 0 Å². The van der Waals surface area contributed by atoms with Crippen molar-refractivity contribution in [3.8, 4) is 0 Å². The molecule has 1 saturated heterocycles. The maximum absolute atomic E-state index is 13.7. The molecule has 2 aromatic rings. The number of piperidine rings is 1. The fraction of sp³-hybridized carbons (Fsp3) is 0.400. The number of H-pyrrole nitrogens is 1. The van der Waals surface area contributed by atoms with Gasteiger partial charge in [-0.05, 0) is 28.8 Å². The van der Waals surface area contributed by atoms with Crippen LogP contribution in [0.3, 0.4) is 0 Å². The Morgan fingerprint density at radius 1 is 1.44 bits per heavy atom. The number of nitrogen functional groups attached to an aromatic ring is 1. The van der Waals surface area contributed by atoms with Crippen molar-refractivity contribution in [2.45, 2.75) is 25.4 Å². The number of alkyl halides is 1.